The van der Waals surface area contributed by atoms with Crippen LogP contribution in [0.1, 0.15) is 19.7 Å². The summed E-state index contributed by atoms with van der Waals surface area (Å²) < 4.78 is 1.60. The molecule has 0 aliphatic carbocycles. The first kappa shape index (κ1) is 10.6. The van der Waals surface area contributed by atoms with Crippen LogP contribution in [-0.2, 0) is 18.4 Å². The van der Waals surface area contributed by atoms with Gasteiger partial charge in [0.05, 0.1) is 6.54 Å². The minimum absolute atomic E-state index is 0.385. The van der Waals surface area contributed by atoms with Gasteiger partial charge in [0.15, 0.2) is 0 Å². The average molecular weight is 198 g/mol. The molecule has 78 valence electrons. The summed E-state index contributed by atoms with van der Waals surface area (Å²) >= 11 is 0. The van der Waals surface area contributed by atoms with Crippen LogP contribution in [0.4, 0.5) is 0 Å². The Hall–Kier alpha value is -1.43. The Bertz CT molecular complexity index is 332. The Balaban J connectivity index is 2.57. The maximum absolute atomic E-state index is 10.8. The molecule has 0 aromatic carbocycles. The highest BCUT2D eigenvalue weighted by atomic mass is 16.4. The van der Waals surface area contributed by atoms with Crippen LogP contribution >= 0.6 is 0 Å². The number of carboxylic acids is 1. The summed E-state index contributed by atoms with van der Waals surface area (Å²) in [6.07, 6.45) is 1.44. The van der Waals surface area contributed by atoms with E-state index in [0.29, 0.717) is 12.4 Å². The second-order valence-corrected chi connectivity index (χ2v) is 3.58. The maximum Gasteiger partial charge on any atom is 0.323 e. The van der Waals surface area contributed by atoms with Crippen LogP contribution in [0.5, 0.6) is 0 Å². The Morgan fingerprint density at radius 2 is 2.36 bits per heavy atom. The van der Waals surface area contributed by atoms with Gasteiger partial charge in [-0.05, 0) is 13.8 Å². The molecule has 0 aliphatic heterocycles. The third-order valence-electron chi connectivity index (χ3n) is 2.03. The van der Waals surface area contributed by atoms with Crippen molar-refractivity contribution in [3.63, 3.8) is 0 Å². The van der Waals surface area contributed by atoms with Gasteiger partial charge in [-0.2, -0.15) is 5.10 Å². The molecule has 0 fully saturated rings. The molecule has 0 spiro atoms. The van der Waals surface area contributed by atoms with Crippen LogP contribution < -0.4 is 5.32 Å². The van der Waals surface area contributed by atoms with Crippen molar-refractivity contribution < 1.29 is 9.90 Å². The van der Waals surface area contributed by atoms with E-state index in [1.54, 1.807) is 25.6 Å². The molecule has 6 nitrogen and oxygen atoms in total. The van der Waals surface area contributed by atoms with Gasteiger partial charge in [0, 0.05) is 7.05 Å². The summed E-state index contributed by atoms with van der Waals surface area (Å²) in [4.78, 5) is 14.7. The normalized spacial score (nSPS) is 11.6. The number of aliphatic carboxylic acids is 1. The predicted octanol–water partition coefficient (Wildman–Crippen LogP) is -0.232. The summed E-state index contributed by atoms with van der Waals surface area (Å²) in [5, 5.41) is 15.6. The highest BCUT2D eigenvalue weighted by Gasteiger charge is 2.26. The largest absolute Gasteiger partial charge is 0.480 e. The number of hydrogen-bond acceptors (Lipinski definition) is 4. The van der Waals surface area contributed by atoms with Crippen molar-refractivity contribution in [3.8, 4) is 0 Å². The average Bonchev–Trinajstić information content (AvgIpc) is 2.47. The molecule has 1 rings (SSSR count). The summed E-state index contributed by atoms with van der Waals surface area (Å²) in [5.74, 6) is -0.181. The minimum Gasteiger partial charge on any atom is -0.480 e. The van der Waals surface area contributed by atoms with Gasteiger partial charge in [-0.3, -0.25) is 14.8 Å². The second kappa shape index (κ2) is 3.75. The van der Waals surface area contributed by atoms with Crippen molar-refractivity contribution in [2.75, 3.05) is 0 Å². The maximum atomic E-state index is 10.8. The molecular formula is C8H14N4O2. The van der Waals surface area contributed by atoms with Crippen molar-refractivity contribution >= 4 is 5.97 Å². The lowest BCUT2D eigenvalue weighted by molar-refractivity contribution is -0.143. The Morgan fingerprint density at radius 3 is 2.79 bits per heavy atom. The molecule has 0 bridgehead atoms. The van der Waals surface area contributed by atoms with E-state index in [-0.39, 0.29) is 0 Å². The molecule has 1 heterocycles. The first-order valence-corrected chi connectivity index (χ1v) is 4.25. The molecule has 0 aliphatic rings. The van der Waals surface area contributed by atoms with Gasteiger partial charge in [-0.25, -0.2) is 4.98 Å². The molecule has 0 radical (unpaired) electrons. The number of rotatable bonds is 4. The first-order chi connectivity index (χ1) is 6.43. The fourth-order valence-corrected chi connectivity index (χ4v) is 0.856. The van der Waals surface area contributed by atoms with E-state index in [2.05, 4.69) is 15.4 Å². The summed E-state index contributed by atoms with van der Waals surface area (Å²) in [6, 6.07) is 0. The monoisotopic (exact) mass is 198 g/mol. The summed E-state index contributed by atoms with van der Waals surface area (Å²) in [7, 11) is 1.76. The number of carboxylic acid groups (broad SMARTS) is 1. The highest BCUT2D eigenvalue weighted by molar-refractivity contribution is 5.77. The fraction of sp³-hybridized carbons (Fsp3) is 0.625. The van der Waals surface area contributed by atoms with Gasteiger partial charge < -0.3 is 5.11 Å². The zero-order valence-electron chi connectivity index (χ0n) is 8.48. The van der Waals surface area contributed by atoms with E-state index in [9.17, 15) is 4.79 Å². The van der Waals surface area contributed by atoms with Crippen molar-refractivity contribution in [1.82, 2.24) is 20.1 Å². The molecule has 1 aromatic rings. The number of aryl methyl sites for hydroxylation is 1. The topological polar surface area (TPSA) is 80.0 Å². The van der Waals surface area contributed by atoms with Crippen LogP contribution in [0, 0.1) is 0 Å². The molecule has 0 amide bonds. The Labute approximate surface area is 82.0 Å². The lowest BCUT2D eigenvalue weighted by Gasteiger charge is -2.20. The van der Waals surface area contributed by atoms with Crippen LogP contribution in [0.25, 0.3) is 0 Å². The molecule has 2 N–H and O–H groups in total. The zero-order valence-corrected chi connectivity index (χ0v) is 8.48. The van der Waals surface area contributed by atoms with Gasteiger partial charge in [0.2, 0.25) is 0 Å². The Morgan fingerprint density at radius 1 is 1.71 bits per heavy atom. The Kier molecular flexibility index (Phi) is 2.85. The minimum atomic E-state index is -0.952. The molecule has 1 aromatic heterocycles. The number of aromatic nitrogens is 3. The lowest BCUT2D eigenvalue weighted by atomic mass is 10.1. The van der Waals surface area contributed by atoms with E-state index in [0.717, 1.165) is 0 Å². The van der Waals surface area contributed by atoms with E-state index in [1.807, 2.05) is 0 Å². The number of nitrogens with one attached hydrogen (secondary N) is 1. The van der Waals surface area contributed by atoms with Crippen molar-refractivity contribution in [2.24, 2.45) is 7.05 Å². The van der Waals surface area contributed by atoms with Gasteiger partial charge >= 0.3 is 5.97 Å². The molecule has 6 heteroatoms. The molecular weight excluding hydrogens is 184 g/mol. The van der Waals surface area contributed by atoms with E-state index < -0.39 is 11.5 Å². The predicted molar refractivity (Wildman–Crippen MR) is 49.6 cm³/mol. The van der Waals surface area contributed by atoms with Crippen LogP contribution in [0.2, 0.25) is 0 Å². The van der Waals surface area contributed by atoms with Crippen LogP contribution in [0.15, 0.2) is 6.33 Å². The van der Waals surface area contributed by atoms with Crippen molar-refractivity contribution in [2.45, 2.75) is 25.9 Å². The van der Waals surface area contributed by atoms with Gasteiger partial charge in [-0.15, -0.1) is 0 Å². The van der Waals surface area contributed by atoms with Crippen LogP contribution in [-0.4, -0.2) is 31.4 Å². The van der Waals surface area contributed by atoms with Gasteiger partial charge in [0.1, 0.15) is 17.7 Å². The third kappa shape index (κ3) is 2.29. The SMILES string of the molecule is Cn1ncnc1CNC(C)(C)C(=O)O. The van der Waals surface area contributed by atoms with Gasteiger partial charge in [-0.1, -0.05) is 0 Å². The molecule has 14 heavy (non-hydrogen) atoms. The number of hydrogen-bond donors (Lipinski definition) is 2. The molecule has 0 atom stereocenters. The summed E-state index contributed by atoms with van der Waals surface area (Å²) in [6.45, 7) is 3.59. The van der Waals surface area contributed by atoms with Crippen molar-refractivity contribution in [1.29, 1.82) is 0 Å². The third-order valence-corrected chi connectivity index (χ3v) is 2.03. The molecule has 0 saturated carbocycles. The van der Waals surface area contributed by atoms with Crippen molar-refractivity contribution in [3.05, 3.63) is 12.2 Å². The highest BCUT2D eigenvalue weighted by Crippen LogP contribution is 2.03. The second-order valence-electron chi connectivity index (χ2n) is 3.58. The zero-order chi connectivity index (χ0) is 10.8. The molecule has 0 saturated heterocycles. The fourth-order valence-electron chi connectivity index (χ4n) is 0.856. The lowest BCUT2D eigenvalue weighted by Crippen LogP contribution is -2.46. The number of nitrogens with zero attached hydrogens (tertiary/aromatic N) is 3. The number of carbonyl (C=O) groups is 1. The van der Waals surface area contributed by atoms with Crippen LogP contribution in [0.3, 0.4) is 0 Å². The van der Waals surface area contributed by atoms with E-state index in [1.165, 1.54) is 6.33 Å². The standard InChI is InChI=1S/C8H14N4O2/c1-8(2,7(13)14)10-4-6-9-5-11-12(6)3/h5,10H,4H2,1-3H3,(H,13,14). The first-order valence-electron chi connectivity index (χ1n) is 4.25. The smallest absolute Gasteiger partial charge is 0.323 e. The van der Waals surface area contributed by atoms with E-state index in [4.69, 9.17) is 5.11 Å². The molecule has 0 unspecified atom stereocenters. The van der Waals surface area contributed by atoms with E-state index >= 15 is 0 Å². The van der Waals surface area contributed by atoms with Gasteiger partial charge in [0.25, 0.3) is 0 Å². The quantitative estimate of drug-likeness (QED) is 0.698. The summed E-state index contributed by atoms with van der Waals surface area (Å²) in [5.41, 5.74) is -0.952.